The van der Waals surface area contributed by atoms with Crippen molar-refractivity contribution in [3.05, 3.63) is 12.2 Å². The molecule has 3 N–H and O–H groups in total. The van der Waals surface area contributed by atoms with Crippen LogP contribution in [0.2, 0.25) is 0 Å². The molecule has 0 atom stereocenters. The van der Waals surface area contributed by atoms with E-state index in [1.165, 1.54) is 0 Å². The lowest BCUT2D eigenvalue weighted by molar-refractivity contribution is -0.381. The fourth-order valence-electron chi connectivity index (χ4n) is 0.474. The van der Waals surface area contributed by atoms with E-state index in [2.05, 4.69) is 10.1 Å². The van der Waals surface area contributed by atoms with Gasteiger partial charge in [0.2, 0.25) is 5.82 Å². The predicted molar refractivity (Wildman–Crippen MR) is 30.0 cm³/mol. The molecule has 7 heteroatoms. The molecule has 0 fully saturated rings. The van der Waals surface area contributed by atoms with E-state index in [1.54, 1.807) is 0 Å². The Hall–Kier alpha value is -1.31. The lowest BCUT2D eigenvalue weighted by atomic mass is 10.7. The lowest BCUT2D eigenvalue weighted by Crippen LogP contribution is -2.32. The summed E-state index contributed by atoms with van der Waals surface area (Å²) in [6.45, 7) is 0. The molecule has 0 radical (unpaired) electrons. The summed E-state index contributed by atoms with van der Waals surface area (Å²) in [6, 6.07) is 0. The number of nitrogens with zero attached hydrogens (tertiary/aromatic N) is 3. The van der Waals surface area contributed by atoms with Crippen LogP contribution in [-0.4, -0.2) is 36.4 Å². The summed E-state index contributed by atoms with van der Waals surface area (Å²) in [6.07, 6.45) is -1.99. The van der Waals surface area contributed by atoms with Gasteiger partial charge >= 0.3 is 6.10 Å². The topological polar surface area (TPSA) is 108 Å². The molecule has 7 nitrogen and oxygen atoms in total. The number of aldehydes is 1. The first-order chi connectivity index (χ1) is 5.04. The largest absolute Gasteiger partial charge is 0.390 e. The number of hydrogen-bond acceptors (Lipinski definition) is 6. The Morgan fingerprint density at radius 3 is 2.45 bits per heavy atom. The molecular formula is C4H5N3O4. The molecule has 1 rings (SSSR count). The van der Waals surface area contributed by atoms with E-state index >= 15 is 0 Å². The van der Waals surface area contributed by atoms with Gasteiger partial charge in [0, 0.05) is 0 Å². The molecule has 0 aliphatic heterocycles. The van der Waals surface area contributed by atoms with E-state index in [9.17, 15) is 4.79 Å². The predicted octanol–water partition coefficient (Wildman–Crippen LogP) is -2.36. The maximum atomic E-state index is 9.96. The summed E-state index contributed by atoms with van der Waals surface area (Å²) in [7, 11) is 0. The Balaban J connectivity index is 2.98. The third kappa shape index (κ3) is 1.58. The van der Waals surface area contributed by atoms with Crippen LogP contribution in [0.1, 0.15) is 10.6 Å². The highest BCUT2D eigenvalue weighted by Crippen LogP contribution is 1.99. The Morgan fingerprint density at radius 1 is 1.55 bits per heavy atom. The summed E-state index contributed by atoms with van der Waals surface area (Å²) < 4.78 is 0.330. The second-order valence-electron chi connectivity index (χ2n) is 1.77. The average molecular weight is 159 g/mol. The monoisotopic (exact) mass is 159 g/mol. The maximum Gasteiger partial charge on any atom is 0.390 e. The third-order valence-corrected chi connectivity index (χ3v) is 0.922. The first-order valence-corrected chi connectivity index (χ1v) is 2.58. The minimum Gasteiger partial charge on any atom is -0.324 e. The normalized spacial score (nSPS) is 11.5. The maximum absolute atomic E-state index is 9.96. The van der Waals surface area contributed by atoms with Gasteiger partial charge in [-0.3, -0.25) is 4.79 Å². The molecule has 1 heterocycles. The fraction of sp³-hybridized carbons (Fsp3) is 0.250. The van der Waals surface area contributed by atoms with Crippen molar-refractivity contribution in [2.75, 3.05) is 0 Å². The summed E-state index contributed by atoms with van der Waals surface area (Å²) in [5.74, 6) is -0.244. The van der Waals surface area contributed by atoms with E-state index in [0.717, 1.165) is 6.33 Å². The highest BCUT2D eigenvalue weighted by atomic mass is 16.7. The molecule has 11 heavy (non-hydrogen) atoms. The van der Waals surface area contributed by atoms with Crippen molar-refractivity contribution in [1.82, 2.24) is 14.8 Å². The highest BCUT2D eigenvalue weighted by Gasteiger charge is 2.22. The standard InChI is InChI=1S/C4H5N3O4/c8-1-3-5-2-7(6-3)4(9,10)11/h1-2,9-11H. The van der Waals surface area contributed by atoms with Crippen LogP contribution < -0.4 is 0 Å². The fourth-order valence-corrected chi connectivity index (χ4v) is 0.474. The van der Waals surface area contributed by atoms with Crippen molar-refractivity contribution in [3.63, 3.8) is 0 Å². The number of rotatable bonds is 2. The van der Waals surface area contributed by atoms with Gasteiger partial charge in [0.1, 0.15) is 6.33 Å². The Bertz CT molecular complexity index is 263. The van der Waals surface area contributed by atoms with Gasteiger partial charge in [0.05, 0.1) is 0 Å². The van der Waals surface area contributed by atoms with E-state index < -0.39 is 6.10 Å². The quantitative estimate of drug-likeness (QED) is 0.329. The number of carbonyl (C=O) groups excluding carboxylic acids is 1. The van der Waals surface area contributed by atoms with E-state index in [-0.39, 0.29) is 5.82 Å². The van der Waals surface area contributed by atoms with Crippen molar-refractivity contribution in [2.24, 2.45) is 0 Å². The van der Waals surface area contributed by atoms with Crippen LogP contribution >= 0.6 is 0 Å². The molecule has 0 spiro atoms. The summed E-state index contributed by atoms with van der Waals surface area (Å²) >= 11 is 0. The molecule has 0 unspecified atom stereocenters. The van der Waals surface area contributed by atoms with Crippen molar-refractivity contribution < 1.29 is 20.1 Å². The van der Waals surface area contributed by atoms with Crippen LogP contribution in [0, 0.1) is 0 Å². The van der Waals surface area contributed by atoms with Gasteiger partial charge in [0.25, 0.3) is 0 Å². The van der Waals surface area contributed by atoms with Gasteiger partial charge in [-0.15, -0.1) is 5.10 Å². The zero-order chi connectivity index (χ0) is 8.48. The van der Waals surface area contributed by atoms with Gasteiger partial charge < -0.3 is 15.3 Å². The van der Waals surface area contributed by atoms with Crippen LogP contribution in [-0.2, 0) is 6.10 Å². The molecule has 0 saturated carbocycles. The summed E-state index contributed by atoms with van der Waals surface area (Å²) in [5, 5.41) is 28.5. The van der Waals surface area contributed by atoms with Crippen molar-refractivity contribution >= 4 is 6.29 Å². The molecule has 0 aliphatic carbocycles. The Kier molecular flexibility index (Phi) is 1.69. The molecule has 0 bridgehead atoms. The molecule has 1 aromatic rings. The minimum atomic E-state index is -3.10. The van der Waals surface area contributed by atoms with Crippen molar-refractivity contribution in [3.8, 4) is 0 Å². The second kappa shape index (κ2) is 2.38. The van der Waals surface area contributed by atoms with Crippen LogP contribution in [0.5, 0.6) is 0 Å². The Morgan fingerprint density at radius 2 is 2.18 bits per heavy atom. The van der Waals surface area contributed by atoms with Crippen molar-refractivity contribution in [2.45, 2.75) is 6.10 Å². The van der Waals surface area contributed by atoms with E-state index in [1.807, 2.05) is 0 Å². The van der Waals surface area contributed by atoms with Gasteiger partial charge in [-0.2, -0.15) is 4.68 Å². The summed E-state index contributed by atoms with van der Waals surface area (Å²) in [5.41, 5.74) is 0. The van der Waals surface area contributed by atoms with Crippen LogP contribution in [0.3, 0.4) is 0 Å². The highest BCUT2D eigenvalue weighted by molar-refractivity contribution is 5.68. The van der Waals surface area contributed by atoms with Gasteiger partial charge in [-0.1, -0.05) is 0 Å². The van der Waals surface area contributed by atoms with Crippen molar-refractivity contribution in [1.29, 1.82) is 0 Å². The minimum absolute atomic E-state index is 0.244. The van der Waals surface area contributed by atoms with Gasteiger partial charge in [-0.05, 0) is 0 Å². The Labute approximate surface area is 60.5 Å². The molecule has 0 aromatic carbocycles. The molecule has 0 aliphatic rings. The third-order valence-electron chi connectivity index (χ3n) is 0.922. The number of hydrogen-bond donors (Lipinski definition) is 3. The molecule has 1 aromatic heterocycles. The first kappa shape index (κ1) is 7.79. The first-order valence-electron chi connectivity index (χ1n) is 2.58. The second-order valence-corrected chi connectivity index (χ2v) is 1.77. The molecular weight excluding hydrogens is 154 g/mol. The number of aliphatic hydroxyl groups is 3. The molecule has 60 valence electrons. The van der Waals surface area contributed by atoms with E-state index in [4.69, 9.17) is 15.3 Å². The van der Waals surface area contributed by atoms with Crippen LogP contribution in [0.4, 0.5) is 0 Å². The van der Waals surface area contributed by atoms with Gasteiger partial charge in [0.15, 0.2) is 6.29 Å². The molecule has 0 amide bonds. The zero-order valence-electron chi connectivity index (χ0n) is 5.25. The van der Waals surface area contributed by atoms with Crippen LogP contribution in [0.15, 0.2) is 6.33 Å². The zero-order valence-corrected chi connectivity index (χ0v) is 5.25. The molecule has 0 saturated heterocycles. The average Bonchev–Trinajstić information content (AvgIpc) is 2.32. The summed E-state index contributed by atoms with van der Waals surface area (Å²) in [4.78, 5) is 13.3. The van der Waals surface area contributed by atoms with Gasteiger partial charge in [-0.25, -0.2) is 4.98 Å². The smallest absolute Gasteiger partial charge is 0.324 e. The number of aromatic nitrogens is 3. The lowest BCUT2D eigenvalue weighted by Gasteiger charge is -2.11. The van der Waals surface area contributed by atoms with Crippen LogP contribution in [0.25, 0.3) is 0 Å². The SMILES string of the molecule is O=Cc1ncn(C(O)(O)O)n1. The van der Waals surface area contributed by atoms with E-state index in [0.29, 0.717) is 11.0 Å². The number of carbonyl (C=O) groups is 1.